The van der Waals surface area contributed by atoms with E-state index in [0.717, 1.165) is 5.56 Å². The minimum Gasteiger partial charge on any atom is -0.510 e. The summed E-state index contributed by atoms with van der Waals surface area (Å²) >= 11 is 7.70. The van der Waals surface area contributed by atoms with Crippen molar-refractivity contribution < 1.29 is 34.4 Å². The van der Waals surface area contributed by atoms with Crippen molar-refractivity contribution in [3.05, 3.63) is 81.3 Å². The minimum atomic E-state index is -2.64. The summed E-state index contributed by atoms with van der Waals surface area (Å²) in [6.07, 6.45) is 0.0157. The van der Waals surface area contributed by atoms with Gasteiger partial charge < -0.3 is 25.8 Å². The number of Topliss-reactive ketones (excluding diaryl/α,β-unsaturated/α-hetero) is 2. The van der Waals surface area contributed by atoms with Gasteiger partial charge in [0.1, 0.15) is 29.4 Å². The van der Waals surface area contributed by atoms with Crippen molar-refractivity contribution in [3.63, 3.8) is 0 Å². The van der Waals surface area contributed by atoms with E-state index in [9.17, 15) is 29.7 Å². The standard InChI is InChI=1S/C27H25ClN2O7S/c1-30(2)20-13-10-16-18(24(33)27(13,36)25(34)19(22(20)32)26(29)35)21(31)17-15(9-8-14(28)23(17)38-16)37-11-12-6-4-3-5-7-12/h3-9,13,16,20,32-33,36H,10-11H2,1-2H3,(H2,29,35). The average molecular weight is 557 g/mol. The fraction of sp³-hybridized carbons (Fsp3) is 0.296. The molecule has 5 rings (SSSR count). The molecule has 0 saturated heterocycles. The summed E-state index contributed by atoms with van der Waals surface area (Å²) in [5.41, 5.74) is 2.72. The number of nitrogens with zero attached hydrogens (tertiary/aromatic N) is 1. The van der Waals surface area contributed by atoms with Crippen molar-refractivity contribution in [2.45, 2.75) is 34.8 Å². The van der Waals surface area contributed by atoms with E-state index in [1.807, 2.05) is 30.3 Å². The lowest BCUT2D eigenvalue weighted by Crippen LogP contribution is -2.64. The van der Waals surface area contributed by atoms with Gasteiger partial charge in [-0.05, 0) is 38.2 Å². The van der Waals surface area contributed by atoms with Gasteiger partial charge in [-0.3, -0.25) is 19.3 Å². The maximum Gasteiger partial charge on any atom is 0.255 e. The van der Waals surface area contributed by atoms with E-state index in [-0.39, 0.29) is 29.9 Å². The predicted octanol–water partition coefficient (Wildman–Crippen LogP) is 2.95. The van der Waals surface area contributed by atoms with Gasteiger partial charge in [0.15, 0.2) is 11.4 Å². The van der Waals surface area contributed by atoms with E-state index in [4.69, 9.17) is 22.1 Å². The number of carbonyl (C=O) groups is 3. The van der Waals surface area contributed by atoms with Crippen LogP contribution in [-0.2, 0) is 16.2 Å². The summed E-state index contributed by atoms with van der Waals surface area (Å²) in [7, 11) is 3.18. The largest absolute Gasteiger partial charge is 0.510 e. The van der Waals surface area contributed by atoms with Crippen LogP contribution in [0.3, 0.4) is 0 Å². The molecule has 4 atom stereocenters. The van der Waals surface area contributed by atoms with Crippen LogP contribution < -0.4 is 10.5 Å². The Morgan fingerprint density at radius 1 is 1.18 bits per heavy atom. The number of ketones is 2. The molecule has 0 fully saturated rings. The molecule has 4 unspecified atom stereocenters. The zero-order valence-corrected chi connectivity index (χ0v) is 22.0. The van der Waals surface area contributed by atoms with Crippen LogP contribution in [0.15, 0.2) is 70.0 Å². The Morgan fingerprint density at radius 3 is 2.50 bits per heavy atom. The normalized spacial score (nSPS) is 26.7. The van der Waals surface area contributed by atoms with Crippen LogP contribution in [0.25, 0.3) is 0 Å². The van der Waals surface area contributed by atoms with Crippen LogP contribution in [0.4, 0.5) is 0 Å². The Bertz CT molecular complexity index is 1440. The number of nitrogens with two attached hydrogens (primary N) is 1. The number of hydrogen-bond donors (Lipinski definition) is 4. The van der Waals surface area contributed by atoms with E-state index in [2.05, 4.69) is 0 Å². The number of ether oxygens (including phenoxy) is 1. The lowest BCUT2D eigenvalue weighted by Gasteiger charge is -2.49. The number of benzene rings is 2. The smallest absolute Gasteiger partial charge is 0.255 e. The number of rotatable bonds is 5. The lowest BCUT2D eigenvalue weighted by atomic mass is 9.63. The third-order valence-electron chi connectivity index (χ3n) is 7.28. The minimum absolute atomic E-state index is 0.0157. The quantitative estimate of drug-likeness (QED) is 0.407. The van der Waals surface area contributed by atoms with E-state index in [1.165, 1.54) is 16.7 Å². The maximum atomic E-state index is 13.9. The molecule has 2 aromatic carbocycles. The lowest BCUT2D eigenvalue weighted by molar-refractivity contribution is -0.147. The van der Waals surface area contributed by atoms with Gasteiger partial charge in [0.2, 0.25) is 5.78 Å². The number of aliphatic hydroxyl groups excluding tert-OH is 2. The summed E-state index contributed by atoms with van der Waals surface area (Å²) in [6.45, 7) is 0.169. The van der Waals surface area contributed by atoms with Crippen LogP contribution in [-0.4, -0.2) is 68.7 Å². The number of carbonyl (C=O) groups excluding carboxylic acids is 3. The third-order valence-corrected chi connectivity index (χ3v) is 9.08. The average Bonchev–Trinajstić information content (AvgIpc) is 2.86. The Labute approximate surface area is 227 Å². The van der Waals surface area contributed by atoms with Crippen molar-refractivity contribution in [1.29, 1.82) is 0 Å². The van der Waals surface area contributed by atoms with Gasteiger partial charge >= 0.3 is 0 Å². The fourth-order valence-electron chi connectivity index (χ4n) is 5.54. The van der Waals surface area contributed by atoms with Gasteiger partial charge in [0.25, 0.3) is 5.91 Å². The molecule has 11 heteroatoms. The van der Waals surface area contributed by atoms with Crippen molar-refractivity contribution in [1.82, 2.24) is 4.90 Å². The van der Waals surface area contributed by atoms with Gasteiger partial charge in [0, 0.05) is 16.1 Å². The highest BCUT2D eigenvalue weighted by Crippen LogP contribution is 2.55. The van der Waals surface area contributed by atoms with Gasteiger partial charge in [-0.15, -0.1) is 11.8 Å². The predicted molar refractivity (Wildman–Crippen MR) is 140 cm³/mol. The molecular formula is C27H25ClN2O7S. The first-order valence-electron chi connectivity index (χ1n) is 11.8. The van der Waals surface area contributed by atoms with Gasteiger partial charge in [-0.2, -0.15) is 0 Å². The van der Waals surface area contributed by atoms with Gasteiger partial charge in [-0.1, -0.05) is 41.9 Å². The second-order valence-electron chi connectivity index (χ2n) is 9.69. The summed E-state index contributed by atoms with van der Waals surface area (Å²) in [5, 5.41) is 33.5. The van der Waals surface area contributed by atoms with Crippen molar-refractivity contribution in [2.24, 2.45) is 11.7 Å². The molecule has 0 saturated carbocycles. The molecule has 38 heavy (non-hydrogen) atoms. The van der Waals surface area contributed by atoms with Crippen LogP contribution >= 0.6 is 23.4 Å². The third kappa shape index (κ3) is 3.82. The first kappa shape index (κ1) is 26.3. The second-order valence-corrected chi connectivity index (χ2v) is 11.3. The van der Waals surface area contributed by atoms with Crippen molar-refractivity contribution in [2.75, 3.05) is 14.1 Å². The number of fused-ring (bicyclic) bond motifs is 3. The van der Waals surface area contributed by atoms with E-state index in [0.29, 0.717) is 9.92 Å². The number of hydrogen-bond acceptors (Lipinski definition) is 9. The zero-order chi connectivity index (χ0) is 27.5. The topological polar surface area (TPSA) is 150 Å². The van der Waals surface area contributed by atoms with Crippen LogP contribution in [0.5, 0.6) is 5.75 Å². The summed E-state index contributed by atoms with van der Waals surface area (Å²) in [6, 6.07) is 11.5. The van der Waals surface area contributed by atoms with E-state index in [1.54, 1.807) is 26.2 Å². The molecule has 0 bridgehead atoms. The first-order chi connectivity index (χ1) is 18.0. The first-order valence-corrected chi connectivity index (χ1v) is 13.0. The summed E-state index contributed by atoms with van der Waals surface area (Å²) in [5.74, 6) is -5.43. The Balaban J connectivity index is 1.63. The summed E-state index contributed by atoms with van der Waals surface area (Å²) < 4.78 is 5.96. The highest BCUT2D eigenvalue weighted by atomic mass is 35.5. The fourth-order valence-corrected chi connectivity index (χ4v) is 7.24. The highest BCUT2D eigenvalue weighted by Gasteiger charge is 2.63. The number of aliphatic hydroxyl groups is 3. The van der Waals surface area contributed by atoms with E-state index >= 15 is 0 Å². The van der Waals surface area contributed by atoms with Gasteiger partial charge in [0.05, 0.1) is 22.2 Å². The Kier molecular flexibility index (Phi) is 6.55. The molecule has 5 N–H and O–H groups in total. The monoisotopic (exact) mass is 556 g/mol. The SMILES string of the molecule is CN(C)C1C(O)=C(C(N)=O)C(=O)C2(O)C(O)=C3C(=O)c4c(OCc5ccccc5)ccc(Cl)c4SC3CC12. The van der Waals surface area contributed by atoms with Crippen LogP contribution in [0, 0.1) is 5.92 Å². The molecule has 0 aromatic heterocycles. The van der Waals surface area contributed by atoms with E-state index < -0.39 is 57.4 Å². The number of thioether (sulfide) groups is 1. The highest BCUT2D eigenvalue weighted by molar-refractivity contribution is 8.00. The molecule has 2 aromatic rings. The molecule has 1 amide bonds. The molecule has 3 aliphatic rings. The molecule has 9 nitrogen and oxygen atoms in total. The molecule has 0 spiro atoms. The number of primary amides is 1. The maximum absolute atomic E-state index is 13.9. The van der Waals surface area contributed by atoms with Gasteiger partial charge in [-0.25, -0.2) is 0 Å². The number of likely N-dealkylation sites (N-methyl/N-ethyl adjacent to an activating group) is 1. The molecule has 2 aliphatic carbocycles. The van der Waals surface area contributed by atoms with Crippen LogP contribution in [0.2, 0.25) is 5.02 Å². The Hall–Kier alpha value is -3.31. The number of amides is 1. The molecule has 198 valence electrons. The van der Waals surface area contributed by atoms with Crippen molar-refractivity contribution >= 4 is 40.8 Å². The molecule has 1 aliphatic heterocycles. The molecule has 1 heterocycles. The summed E-state index contributed by atoms with van der Waals surface area (Å²) in [4.78, 5) is 41.4. The molecule has 0 radical (unpaired) electrons. The Morgan fingerprint density at radius 2 is 1.87 bits per heavy atom. The zero-order valence-electron chi connectivity index (χ0n) is 20.5. The van der Waals surface area contributed by atoms with Crippen LogP contribution in [0.1, 0.15) is 22.3 Å². The number of halogens is 1. The van der Waals surface area contributed by atoms with Crippen molar-refractivity contribution in [3.8, 4) is 5.75 Å². The second kappa shape index (κ2) is 9.46. The molecular weight excluding hydrogens is 532 g/mol.